The predicted molar refractivity (Wildman–Crippen MR) is 70.9 cm³/mol. The van der Waals surface area contributed by atoms with Crippen molar-refractivity contribution in [2.75, 3.05) is 18.8 Å². The van der Waals surface area contributed by atoms with Crippen LogP contribution in [0, 0.1) is 5.92 Å². The Labute approximate surface area is 103 Å². The minimum absolute atomic E-state index is 0.826. The molecule has 1 aromatic rings. The minimum Gasteiger partial charge on any atom is -0.316 e. The zero-order valence-corrected chi connectivity index (χ0v) is 11.4. The molecule has 0 saturated carbocycles. The quantitative estimate of drug-likeness (QED) is 0.560. The van der Waals surface area contributed by atoms with E-state index in [-0.39, 0.29) is 0 Å². The summed E-state index contributed by atoms with van der Waals surface area (Å²) in [6.07, 6.45) is 6.59. The van der Waals surface area contributed by atoms with Gasteiger partial charge in [0.1, 0.15) is 0 Å². The average molecular weight is 241 g/mol. The maximum atomic E-state index is 4.14. The van der Waals surface area contributed by atoms with Crippen LogP contribution >= 0.6 is 11.8 Å². The van der Waals surface area contributed by atoms with Crippen LogP contribution < -0.4 is 5.32 Å². The number of nitrogens with one attached hydrogen (secondary N) is 1. The fraction of sp³-hybridized carbons (Fsp3) is 0.750. The molecule has 3 nitrogen and oxygen atoms in total. The smallest absolute Gasteiger partial charge is 0.0625 e. The first-order valence-electron chi connectivity index (χ1n) is 6.00. The summed E-state index contributed by atoms with van der Waals surface area (Å²) < 4.78 is 1.85. The molecule has 16 heavy (non-hydrogen) atoms. The number of aromatic nitrogens is 2. The fourth-order valence-corrected chi connectivity index (χ4v) is 2.31. The van der Waals surface area contributed by atoms with E-state index in [9.17, 15) is 0 Å². The molecule has 0 aliphatic rings. The van der Waals surface area contributed by atoms with Gasteiger partial charge in [0.25, 0.3) is 0 Å². The molecule has 0 bridgehead atoms. The highest BCUT2D eigenvalue weighted by molar-refractivity contribution is 7.99. The van der Waals surface area contributed by atoms with Crippen LogP contribution in [-0.4, -0.2) is 28.6 Å². The van der Waals surface area contributed by atoms with Crippen molar-refractivity contribution in [3.63, 3.8) is 0 Å². The highest BCUT2D eigenvalue weighted by Gasteiger charge is 1.97. The Morgan fingerprint density at radius 3 is 2.88 bits per heavy atom. The van der Waals surface area contributed by atoms with Crippen molar-refractivity contribution in [3.8, 4) is 0 Å². The zero-order chi connectivity index (χ0) is 11.8. The van der Waals surface area contributed by atoms with Gasteiger partial charge in [0.2, 0.25) is 0 Å². The third kappa shape index (κ3) is 6.18. The standard InChI is InChI=1S/C12H23N3S/c1-11(2)5-4-6-13-7-8-16-12-9-14-15(3)10-12/h9-11,13H,4-8H2,1-3H3. The number of hydrogen-bond acceptors (Lipinski definition) is 3. The van der Waals surface area contributed by atoms with Crippen LogP contribution in [0.5, 0.6) is 0 Å². The first-order chi connectivity index (χ1) is 7.68. The maximum absolute atomic E-state index is 4.14. The van der Waals surface area contributed by atoms with Gasteiger partial charge in [0.05, 0.1) is 6.20 Å². The van der Waals surface area contributed by atoms with Crippen LogP contribution in [0.2, 0.25) is 0 Å². The molecule has 0 radical (unpaired) electrons. The second kappa shape index (κ2) is 7.74. The summed E-state index contributed by atoms with van der Waals surface area (Å²) >= 11 is 1.86. The van der Waals surface area contributed by atoms with Crippen molar-refractivity contribution in [3.05, 3.63) is 12.4 Å². The van der Waals surface area contributed by atoms with E-state index in [0.29, 0.717) is 0 Å². The maximum Gasteiger partial charge on any atom is 0.0625 e. The summed E-state index contributed by atoms with van der Waals surface area (Å²) in [5.41, 5.74) is 0. The molecular formula is C12H23N3S. The molecule has 1 aromatic heterocycles. The summed E-state index contributed by atoms with van der Waals surface area (Å²) in [6.45, 7) is 6.78. The summed E-state index contributed by atoms with van der Waals surface area (Å²) in [7, 11) is 1.95. The van der Waals surface area contributed by atoms with Crippen molar-refractivity contribution in [1.29, 1.82) is 0 Å². The third-order valence-corrected chi connectivity index (χ3v) is 3.32. The van der Waals surface area contributed by atoms with Crippen molar-refractivity contribution < 1.29 is 0 Å². The largest absolute Gasteiger partial charge is 0.316 e. The molecule has 0 amide bonds. The van der Waals surface area contributed by atoms with Crippen molar-refractivity contribution in [2.24, 2.45) is 13.0 Å². The molecule has 4 heteroatoms. The van der Waals surface area contributed by atoms with Gasteiger partial charge in [-0.2, -0.15) is 5.10 Å². The van der Waals surface area contributed by atoms with Gasteiger partial charge in [-0.25, -0.2) is 0 Å². The molecule has 1 heterocycles. The van der Waals surface area contributed by atoms with E-state index in [1.165, 1.54) is 17.7 Å². The Hall–Kier alpha value is -0.480. The second-order valence-corrected chi connectivity index (χ2v) is 5.65. The van der Waals surface area contributed by atoms with Crippen LogP contribution in [0.25, 0.3) is 0 Å². The molecule has 0 spiro atoms. The van der Waals surface area contributed by atoms with E-state index in [0.717, 1.165) is 24.8 Å². The first kappa shape index (κ1) is 13.6. The molecule has 0 atom stereocenters. The topological polar surface area (TPSA) is 29.9 Å². The van der Waals surface area contributed by atoms with E-state index >= 15 is 0 Å². The lowest BCUT2D eigenvalue weighted by Gasteiger charge is -2.05. The van der Waals surface area contributed by atoms with Crippen molar-refractivity contribution in [2.45, 2.75) is 31.6 Å². The van der Waals surface area contributed by atoms with Gasteiger partial charge in [0.15, 0.2) is 0 Å². The lowest BCUT2D eigenvalue weighted by atomic mass is 10.1. The van der Waals surface area contributed by atoms with Crippen LogP contribution in [0.4, 0.5) is 0 Å². The first-order valence-corrected chi connectivity index (χ1v) is 6.99. The number of aryl methyl sites for hydroxylation is 1. The lowest BCUT2D eigenvalue weighted by Crippen LogP contribution is -2.18. The van der Waals surface area contributed by atoms with Crippen molar-refractivity contribution in [1.82, 2.24) is 15.1 Å². The van der Waals surface area contributed by atoms with E-state index in [1.807, 2.05) is 29.7 Å². The molecule has 92 valence electrons. The number of thioether (sulfide) groups is 1. The van der Waals surface area contributed by atoms with Crippen LogP contribution in [-0.2, 0) is 7.05 Å². The average Bonchev–Trinajstić information content (AvgIpc) is 2.62. The third-order valence-electron chi connectivity index (χ3n) is 2.36. The molecular weight excluding hydrogens is 218 g/mol. The summed E-state index contributed by atoms with van der Waals surface area (Å²) in [4.78, 5) is 1.26. The van der Waals surface area contributed by atoms with Gasteiger partial charge < -0.3 is 5.32 Å². The Balaban J connectivity index is 1.92. The number of hydrogen-bond donors (Lipinski definition) is 1. The van der Waals surface area contributed by atoms with Gasteiger partial charge in [-0.1, -0.05) is 13.8 Å². The van der Waals surface area contributed by atoms with E-state index in [1.54, 1.807) is 0 Å². The van der Waals surface area contributed by atoms with E-state index < -0.39 is 0 Å². The molecule has 1 N–H and O–H groups in total. The predicted octanol–water partition coefficient (Wildman–Crippen LogP) is 2.54. The van der Waals surface area contributed by atoms with E-state index in [4.69, 9.17) is 0 Å². The molecule has 0 aromatic carbocycles. The Morgan fingerprint density at radius 1 is 1.44 bits per heavy atom. The summed E-state index contributed by atoms with van der Waals surface area (Å²) in [6, 6.07) is 0. The molecule has 0 aliphatic heterocycles. The minimum atomic E-state index is 0.826. The Kier molecular flexibility index (Phi) is 6.57. The van der Waals surface area contributed by atoms with E-state index in [2.05, 4.69) is 30.5 Å². The van der Waals surface area contributed by atoms with Gasteiger partial charge in [-0.3, -0.25) is 4.68 Å². The SMILES string of the molecule is CC(C)CCCNCCSc1cnn(C)c1. The highest BCUT2D eigenvalue weighted by Crippen LogP contribution is 2.14. The molecule has 0 saturated heterocycles. The fourth-order valence-electron chi connectivity index (χ4n) is 1.47. The molecule has 0 aliphatic carbocycles. The lowest BCUT2D eigenvalue weighted by molar-refractivity contribution is 0.534. The monoisotopic (exact) mass is 241 g/mol. The van der Waals surface area contributed by atoms with Crippen LogP contribution in [0.3, 0.4) is 0 Å². The number of rotatable bonds is 8. The normalized spacial score (nSPS) is 11.2. The Morgan fingerprint density at radius 2 is 2.25 bits per heavy atom. The molecule has 1 rings (SSSR count). The molecule has 0 fully saturated rings. The van der Waals surface area contributed by atoms with Gasteiger partial charge in [-0.05, 0) is 25.3 Å². The zero-order valence-electron chi connectivity index (χ0n) is 10.6. The van der Waals surface area contributed by atoms with Crippen LogP contribution in [0.15, 0.2) is 17.3 Å². The van der Waals surface area contributed by atoms with Gasteiger partial charge >= 0.3 is 0 Å². The second-order valence-electron chi connectivity index (χ2n) is 4.48. The molecule has 0 unspecified atom stereocenters. The van der Waals surface area contributed by atoms with Crippen molar-refractivity contribution >= 4 is 11.8 Å². The van der Waals surface area contributed by atoms with Crippen LogP contribution in [0.1, 0.15) is 26.7 Å². The van der Waals surface area contributed by atoms with Gasteiger partial charge in [0, 0.05) is 30.4 Å². The number of nitrogens with zero attached hydrogens (tertiary/aromatic N) is 2. The summed E-state index contributed by atoms with van der Waals surface area (Å²) in [5.74, 6) is 1.94. The summed E-state index contributed by atoms with van der Waals surface area (Å²) in [5, 5.41) is 7.61. The Bertz CT molecular complexity index is 284. The highest BCUT2D eigenvalue weighted by atomic mass is 32.2. The van der Waals surface area contributed by atoms with Gasteiger partial charge in [-0.15, -0.1) is 11.8 Å².